The maximum absolute atomic E-state index is 12.8. The van der Waals surface area contributed by atoms with Crippen LogP contribution in [0.3, 0.4) is 0 Å². The Labute approximate surface area is 229 Å². The number of benzene rings is 3. The summed E-state index contributed by atoms with van der Waals surface area (Å²) in [5, 5.41) is 10.1. The zero-order valence-corrected chi connectivity index (χ0v) is 22.2. The molecule has 1 aliphatic heterocycles. The van der Waals surface area contributed by atoms with E-state index in [1.165, 1.54) is 0 Å². The largest absolute Gasteiger partial charge is 0.490 e. The van der Waals surface area contributed by atoms with E-state index in [-0.39, 0.29) is 23.8 Å². The zero-order chi connectivity index (χ0) is 27.0. The first-order valence-electron chi connectivity index (χ1n) is 14.0. The molecule has 1 aliphatic carbocycles. The van der Waals surface area contributed by atoms with Crippen LogP contribution in [0, 0.1) is 5.92 Å². The molecule has 0 atom stereocenters. The summed E-state index contributed by atoms with van der Waals surface area (Å²) in [5.41, 5.74) is 1.13. The number of hydrogen-bond acceptors (Lipinski definition) is 4. The predicted molar refractivity (Wildman–Crippen MR) is 150 cm³/mol. The minimum absolute atomic E-state index is 0.0923. The molecular weight excluding hydrogens is 492 g/mol. The van der Waals surface area contributed by atoms with Crippen molar-refractivity contribution in [3.63, 3.8) is 0 Å². The fourth-order valence-corrected chi connectivity index (χ4v) is 5.42. The van der Waals surface area contributed by atoms with Gasteiger partial charge in [0.15, 0.2) is 0 Å². The molecule has 2 fully saturated rings. The maximum Gasteiger partial charge on any atom is 0.251 e. The summed E-state index contributed by atoms with van der Waals surface area (Å²) in [4.78, 5) is 39.8. The van der Waals surface area contributed by atoms with Crippen LogP contribution in [-0.2, 0) is 4.79 Å². The molecule has 3 aromatic rings. The van der Waals surface area contributed by atoms with E-state index in [0.29, 0.717) is 30.1 Å². The van der Waals surface area contributed by atoms with Gasteiger partial charge in [-0.1, -0.05) is 30.3 Å². The second kappa shape index (κ2) is 12.8. The number of carbonyl (C=O) groups is 3. The number of nitrogens with one attached hydrogen (secondary N) is 2. The quantitative estimate of drug-likeness (QED) is 0.390. The average Bonchev–Trinajstić information content (AvgIpc) is 2.99. The summed E-state index contributed by atoms with van der Waals surface area (Å²) < 4.78 is 6.15. The van der Waals surface area contributed by atoms with Crippen LogP contribution in [0.5, 0.6) is 5.75 Å². The van der Waals surface area contributed by atoms with E-state index < -0.39 is 0 Å². The predicted octanol–water partition coefficient (Wildman–Crippen LogP) is 2.34. The summed E-state index contributed by atoms with van der Waals surface area (Å²) in [6.45, 7) is 4.38. The molecule has 1 saturated carbocycles. The van der Waals surface area contributed by atoms with Crippen molar-refractivity contribution in [3.8, 4) is 5.75 Å². The van der Waals surface area contributed by atoms with E-state index in [1.807, 2.05) is 53.4 Å². The van der Waals surface area contributed by atoms with Gasteiger partial charge < -0.3 is 25.6 Å². The van der Waals surface area contributed by atoms with E-state index in [0.717, 1.165) is 68.4 Å². The molecule has 0 radical (unpaired) electrons. The Morgan fingerprint density at radius 3 is 2.08 bits per heavy atom. The molecular formula is C31H37N4O4+. The van der Waals surface area contributed by atoms with Crippen molar-refractivity contribution >= 4 is 28.5 Å². The van der Waals surface area contributed by atoms with Gasteiger partial charge in [-0.15, -0.1) is 0 Å². The Morgan fingerprint density at radius 2 is 1.38 bits per heavy atom. The Balaban J connectivity index is 1.02. The van der Waals surface area contributed by atoms with Crippen LogP contribution in [0.4, 0.5) is 0 Å². The SMILES string of the molecule is O=C(NCCNC(=O)c1ccc2ccccc2c1)c1ccc(OC2CCC(C(=O)N3CC[NH2+]CC3)CC2)cc1. The Hall–Kier alpha value is -3.91. The highest BCUT2D eigenvalue weighted by Crippen LogP contribution is 2.29. The summed E-state index contributed by atoms with van der Waals surface area (Å²) in [6, 6.07) is 20.6. The van der Waals surface area contributed by atoms with Crippen LogP contribution in [0.1, 0.15) is 46.4 Å². The summed E-state index contributed by atoms with van der Waals surface area (Å²) in [7, 11) is 0. The lowest BCUT2D eigenvalue weighted by Crippen LogP contribution is -2.90. The molecule has 1 saturated heterocycles. The molecule has 8 nitrogen and oxygen atoms in total. The van der Waals surface area contributed by atoms with E-state index in [4.69, 9.17) is 4.74 Å². The minimum atomic E-state index is -0.198. The molecule has 0 spiro atoms. The van der Waals surface area contributed by atoms with Crippen molar-refractivity contribution < 1.29 is 24.4 Å². The van der Waals surface area contributed by atoms with Crippen molar-refractivity contribution in [1.82, 2.24) is 15.5 Å². The first-order chi connectivity index (χ1) is 19.1. The van der Waals surface area contributed by atoms with Gasteiger partial charge in [-0.3, -0.25) is 14.4 Å². The lowest BCUT2D eigenvalue weighted by molar-refractivity contribution is -0.662. The standard InChI is InChI=1S/C31H36N4O4/c36-29(33-15-16-34-30(37)26-6-5-22-3-1-2-4-25(22)21-26)23-7-11-27(12-8-23)39-28-13-9-24(10-14-28)31(38)35-19-17-32-18-20-35/h1-8,11-12,21,24,28,32H,9-10,13-20H2,(H,33,36)(H,34,37)/p+1. The molecule has 0 aromatic heterocycles. The van der Waals surface area contributed by atoms with E-state index in [1.54, 1.807) is 18.2 Å². The van der Waals surface area contributed by atoms with Gasteiger partial charge in [-0.25, -0.2) is 0 Å². The normalized spacial score (nSPS) is 19.3. The molecule has 2 aliphatic rings. The van der Waals surface area contributed by atoms with Gasteiger partial charge >= 0.3 is 0 Å². The van der Waals surface area contributed by atoms with Crippen molar-refractivity contribution in [3.05, 3.63) is 77.9 Å². The van der Waals surface area contributed by atoms with E-state index in [9.17, 15) is 14.4 Å². The second-order valence-corrected chi connectivity index (χ2v) is 10.4. The van der Waals surface area contributed by atoms with Gasteiger partial charge in [0.1, 0.15) is 5.75 Å². The summed E-state index contributed by atoms with van der Waals surface area (Å²) in [6.07, 6.45) is 3.55. The van der Waals surface area contributed by atoms with Gasteiger partial charge in [0.2, 0.25) is 5.91 Å². The number of carbonyl (C=O) groups excluding carboxylic acids is 3. The van der Waals surface area contributed by atoms with Crippen molar-refractivity contribution in [2.24, 2.45) is 5.92 Å². The summed E-state index contributed by atoms with van der Waals surface area (Å²) >= 11 is 0. The van der Waals surface area contributed by atoms with Gasteiger partial charge in [-0.05, 0) is 72.9 Å². The van der Waals surface area contributed by atoms with Crippen LogP contribution < -0.4 is 20.7 Å². The van der Waals surface area contributed by atoms with Gasteiger partial charge in [-0.2, -0.15) is 0 Å². The first kappa shape index (κ1) is 26.7. The molecule has 3 aromatic carbocycles. The number of quaternary nitrogens is 1. The Morgan fingerprint density at radius 1 is 0.769 bits per heavy atom. The number of hydrogen-bond donors (Lipinski definition) is 3. The van der Waals surface area contributed by atoms with Gasteiger partial charge in [0, 0.05) is 30.1 Å². The third kappa shape index (κ3) is 6.95. The van der Waals surface area contributed by atoms with Crippen LogP contribution >= 0.6 is 0 Å². The molecule has 204 valence electrons. The highest BCUT2D eigenvalue weighted by Gasteiger charge is 2.31. The number of nitrogens with zero attached hydrogens (tertiary/aromatic N) is 1. The van der Waals surface area contributed by atoms with Crippen LogP contribution in [0.15, 0.2) is 66.7 Å². The Kier molecular flexibility index (Phi) is 8.73. The number of rotatable bonds is 8. The van der Waals surface area contributed by atoms with Crippen LogP contribution in [0.2, 0.25) is 0 Å². The second-order valence-electron chi connectivity index (χ2n) is 10.4. The molecule has 1 heterocycles. The number of amides is 3. The Bertz CT molecular complexity index is 1300. The van der Waals surface area contributed by atoms with Gasteiger partial charge in [0.05, 0.1) is 32.3 Å². The number of nitrogens with two attached hydrogens (primary N) is 1. The third-order valence-corrected chi connectivity index (χ3v) is 7.67. The fourth-order valence-electron chi connectivity index (χ4n) is 5.42. The number of piperazine rings is 1. The maximum atomic E-state index is 12.8. The fraction of sp³-hybridized carbons (Fsp3) is 0.387. The minimum Gasteiger partial charge on any atom is -0.490 e. The molecule has 0 bridgehead atoms. The lowest BCUT2D eigenvalue weighted by atomic mass is 9.86. The first-order valence-corrected chi connectivity index (χ1v) is 14.0. The van der Waals surface area contributed by atoms with Crippen molar-refractivity contribution in [2.75, 3.05) is 39.3 Å². The lowest BCUT2D eigenvalue weighted by Gasteiger charge is -2.33. The van der Waals surface area contributed by atoms with Crippen molar-refractivity contribution in [2.45, 2.75) is 31.8 Å². The van der Waals surface area contributed by atoms with Crippen LogP contribution in [-0.4, -0.2) is 68.0 Å². The number of ether oxygens (including phenoxy) is 1. The smallest absolute Gasteiger partial charge is 0.251 e. The molecule has 39 heavy (non-hydrogen) atoms. The topological polar surface area (TPSA) is 104 Å². The summed E-state index contributed by atoms with van der Waals surface area (Å²) in [5.74, 6) is 0.794. The monoisotopic (exact) mass is 529 g/mol. The zero-order valence-electron chi connectivity index (χ0n) is 22.2. The number of fused-ring (bicyclic) bond motifs is 1. The highest BCUT2D eigenvalue weighted by atomic mass is 16.5. The van der Waals surface area contributed by atoms with Crippen molar-refractivity contribution in [1.29, 1.82) is 0 Å². The molecule has 0 unspecified atom stereocenters. The van der Waals surface area contributed by atoms with E-state index >= 15 is 0 Å². The highest BCUT2D eigenvalue weighted by molar-refractivity contribution is 5.98. The molecule has 4 N–H and O–H groups in total. The van der Waals surface area contributed by atoms with E-state index in [2.05, 4.69) is 16.0 Å². The molecule has 8 heteroatoms. The average molecular weight is 530 g/mol. The third-order valence-electron chi connectivity index (χ3n) is 7.67. The molecule has 5 rings (SSSR count). The molecule has 3 amide bonds. The van der Waals surface area contributed by atoms with Gasteiger partial charge in [0.25, 0.3) is 11.8 Å². The van der Waals surface area contributed by atoms with Crippen LogP contribution in [0.25, 0.3) is 10.8 Å².